The van der Waals surface area contributed by atoms with Crippen LogP contribution < -0.4 is 5.73 Å². The second-order valence-electron chi connectivity index (χ2n) is 2.90. The molecule has 1 saturated carbocycles. The molecule has 1 radical (unpaired) electrons. The summed E-state index contributed by atoms with van der Waals surface area (Å²) in [5.74, 6) is 0.887. The van der Waals surface area contributed by atoms with Crippen molar-refractivity contribution in [2.75, 3.05) is 0 Å². The Morgan fingerprint density at radius 3 is 2.50 bits per heavy atom. The molecule has 0 aromatic heterocycles. The van der Waals surface area contributed by atoms with Crippen LogP contribution in [0.25, 0.3) is 0 Å². The van der Waals surface area contributed by atoms with E-state index < -0.39 is 0 Å². The molecular weight excluding hydrogens is 98.1 g/mol. The predicted octanol–water partition coefficient (Wildman–Crippen LogP) is 1.73. The van der Waals surface area contributed by atoms with Crippen LogP contribution in [0.4, 0.5) is 0 Å². The number of hydrogen-bond donors (Lipinski definition) is 0. The van der Waals surface area contributed by atoms with E-state index in [2.05, 4.69) is 0 Å². The molecule has 1 heteroatoms. The summed E-state index contributed by atoms with van der Waals surface area (Å²) in [6.07, 6.45) is 4.97. The molecule has 2 aliphatic carbocycles. The van der Waals surface area contributed by atoms with Crippen molar-refractivity contribution >= 4 is 0 Å². The molecule has 0 amide bonds. The summed E-state index contributed by atoms with van der Waals surface area (Å²) in [6, 6.07) is 0. The van der Waals surface area contributed by atoms with Gasteiger partial charge in [0, 0.05) is 5.70 Å². The van der Waals surface area contributed by atoms with Crippen molar-refractivity contribution in [1.29, 1.82) is 0 Å². The number of fused-ring (bicyclic) bond motifs is 2. The Morgan fingerprint density at radius 2 is 2.25 bits per heavy atom. The maximum Gasteiger partial charge on any atom is 0.0308 e. The predicted molar refractivity (Wildman–Crippen MR) is 32.1 cm³/mol. The fraction of sp³-hybridized carbons (Fsp3) is 0.714. The molecule has 2 rings (SSSR count). The summed E-state index contributed by atoms with van der Waals surface area (Å²) >= 11 is 0. The summed E-state index contributed by atoms with van der Waals surface area (Å²) in [7, 11) is 0. The lowest BCUT2D eigenvalue weighted by molar-refractivity contribution is 0.559. The zero-order chi connectivity index (χ0) is 5.56. The lowest BCUT2D eigenvalue weighted by Gasteiger charge is -2.04. The molecule has 0 saturated heterocycles. The molecule has 8 heavy (non-hydrogen) atoms. The molecule has 1 nitrogen and oxygen atoms in total. The number of rotatable bonds is 0. The van der Waals surface area contributed by atoms with Crippen LogP contribution in [0.1, 0.15) is 25.7 Å². The first kappa shape index (κ1) is 4.42. The largest absolute Gasteiger partial charge is 0.305 e. The van der Waals surface area contributed by atoms with Gasteiger partial charge in [-0.3, -0.25) is 0 Å². The SMILES string of the molecule is [NH]C1=C2CCC(C1)C2. The van der Waals surface area contributed by atoms with Crippen molar-refractivity contribution in [1.82, 2.24) is 5.73 Å². The molecule has 43 valence electrons. The lowest BCUT2D eigenvalue weighted by Crippen LogP contribution is -1.93. The van der Waals surface area contributed by atoms with Crippen molar-refractivity contribution in [3.63, 3.8) is 0 Å². The monoisotopic (exact) mass is 108 g/mol. The zero-order valence-corrected chi connectivity index (χ0v) is 4.91. The standard InChI is InChI=1S/C7H10N/c8-7-4-5-1-2-6(7)3-5/h5,8H,1-4H2. The fourth-order valence-corrected chi connectivity index (χ4v) is 1.81. The molecule has 2 aliphatic rings. The van der Waals surface area contributed by atoms with E-state index in [0.29, 0.717) is 0 Å². The zero-order valence-electron chi connectivity index (χ0n) is 4.91. The van der Waals surface area contributed by atoms with E-state index in [-0.39, 0.29) is 0 Å². The minimum absolute atomic E-state index is 0.887. The highest BCUT2D eigenvalue weighted by Gasteiger charge is 2.28. The van der Waals surface area contributed by atoms with Gasteiger partial charge in [0.1, 0.15) is 0 Å². The number of hydrogen-bond acceptors (Lipinski definition) is 0. The van der Waals surface area contributed by atoms with E-state index in [1.807, 2.05) is 0 Å². The Balaban J connectivity index is 2.33. The first-order valence-corrected chi connectivity index (χ1v) is 3.29. The molecule has 0 aliphatic heterocycles. The third-order valence-electron chi connectivity index (χ3n) is 2.31. The van der Waals surface area contributed by atoms with Crippen molar-refractivity contribution < 1.29 is 0 Å². The minimum Gasteiger partial charge on any atom is -0.305 e. The van der Waals surface area contributed by atoms with E-state index in [1.54, 1.807) is 0 Å². The Morgan fingerprint density at radius 1 is 1.38 bits per heavy atom. The van der Waals surface area contributed by atoms with E-state index in [9.17, 15) is 0 Å². The first-order chi connectivity index (χ1) is 3.86. The average Bonchev–Trinajstić information content (AvgIpc) is 2.23. The van der Waals surface area contributed by atoms with Gasteiger partial charge in [-0.15, -0.1) is 0 Å². The van der Waals surface area contributed by atoms with Crippen LogP contribution in [0.5, 0.6) is 0 Å². The molecule has 1 fully saturated rings. The van der Waals surface area contributed by atoms with Gasteiger partial charge in [-0.1, -0.05) is 0 Å². The average molecular weight is 108 g/mol. The van der Waals surface area contributed by atoms with Crippen molar-refractivity contribution in [2.24, 2.45) is 5.92 Å². The molecule has 0 heterocycles. The molecule has 0 aromatic rings. The Kier molecular flexibility index (Phi) is 0.706. The number of allylic oxidation sites excluding steroid dienone is 2. The summed E-state index contributed by atoms with van der Waals surface area (Å²) in [5, 5.41) is 0. The highest BCUT2D eigenvalue weighted by Crippen LogP contribution is 2.42. The van der Waals surface area contributed by atoms with Gasteiger partial charge in [0.25, 0.3) is 0 Å². The highest BCUT2D eigenvalue weighted by molar-refractivity contribution is 5.22. The van der Waals surface area contributed by atoms with E-state index in [1.165, 1.54) is 24.8 Å². The fourth-order valence-electron chi connectivity index (χ4n) is 1.81. The highest BCUT2D eigenvalue weighted by atomic mass is 14.6. The van der Waals surface area contributed by atoms with Gasteiger partial charge >= 0.3 is 0 Å². The van der Waals surface area contributed by atoms with Gasteiger partial charge in [-0.2, -0.15) is 0 Å². The quantitative estimate of drug-likeness (QED) is 0.451. The van der Waals surface area contributed by atoms with Gasteiger partial charge in [0.15, 0.2) is 0 Å². The van der Waals surface area contributed by atoms with Gasteiger partial charge in [-0.05, 0) is 37.2 Å². The Labute approximate surface area is 49.6 Å². The van der Waals surface area contributed by atoms with Crippen molar-refractivity contribution in [3.8, 4) is 0 Å². The summed E-state index contributed by atoms with van der Waals surface area (Å²) in [5.41, 5.74) is 9.81. The normalized spacial score (nSPS) is 34.8. The molecule has 1 N–H and O–H groups in total. The molecule has 2 bridgehead atoms. The smallest absolute Gasteiger partial charge is 0.0308 e. The van der Waals surface area contributed by atoms with Crippen LogP contribution >= 0.6 is 0 Å². The van der Waals surface area contributed by atoms with Crippen molar-refractivity contribution in [2.45, 2.75) is 25.7 Å². The summed E-state index contributed by atoms with van der Waals surface area (Å²) in [4.78, 5) is 0. The van der Waals surface area contributed by atoms with Crippen LogP contribution in [0.15, 0.2) is 11.3 Å². The maximum absolute atomic E-state index is 7.40. The third kappa shape index (κ3) is 0.417. The second-order valence-corrected chi connectivity index (χ2v) is 2.90. The molecule has 1 unspecified atom stereocenters. The van der Waals surface area contributed by atoms with Crippen LogP contribution in [-0.2, 0) is 0 Å². The summed E-state index contributed by atoms with van der Waals surface area (Å²) in [6.45, 7) is 0. The maximum atomic E-state index is 7.40. The molecule has 0 aromatic carbocycles. The molecule has 1 atom stereocenters. The minimum atomic E-state index is 0.887. The van der Waals surface area contributed by atoms with E-state index in [4.69, 9.17) is 5.73 Å². The van der Waals surface area contributed by atoms with Gasteiger partial charge < -0.3 is 5.73 Å². The molecule has 0 spiro atoms. The number of nitrogens with one attached hydrogen (secondary N) is 1. The van der Waals surface area contributed by atoms with Gasteiger partial charge in [0.05, 0.1) is 0 Å². The second kappa shape index (κ2) is 1.28. The van der Waals surface area contributed by atoms with E-state index >= 15 is 0 Å². The Bertz CT molecular complexity index is 144. The van der Waals surface area contributed by atoms with Crippen LogP contribution in [0, 0.1) is 5.92 Å². The van der Waals surface area contributed by atoms with Crippen molar-refractivity contribution in [3.05, 3.63) is 11.3 Å². The first-order valence-electron chi connectivity index (χ1n) is 3.29. The third-order valence-corrected chi connectivity index (χ3v) is 2.31. The van der Waals surface area contributed by atoms with Crippen LogP contribution in [0.3, 0.4) is 0 Å². The van der Waals surface area contributed by atoms with Crippen LogP contribution in [-0.4, -0.2) is 0 Å². The Hall–Kier alpha value is -0.460. The van der Waals surface area contributed by atoms with Crippen LogP contribution in [0.2, 0.25) is 0 Å². The molecular formula is C7H10N. The van der Waals surface area contributed by atoms with E-state index in [0.717, 1.165) is 18.0 Å². The topological polar surface area (TPSA) is 23.8 Å². The summed E-state index contributed by atoms with van der Waals surface area (Å²) < 4.78 is 0. The lowest BCUT2D eigenvalue weighted by atomic mass is 10.0. The van der Waals surface area contributed by atoms with Gasteiger partial charge in [0.2, 0.25) is 0 Å². The van der Waals surface area contributed by atoms with Gasteiger partial charge in [-0.25, -0.2) is 0 Å².